The first-order chi connectivity index (χ1) is 28.0. The minimum absolute atomic E-state index is 0.0668. The van der Waals surface area contributed by atoms with Crippen LogP contribution in [0.15, 0.2) is 12.2 Å². The summed E-state index contributed by atoms with van der Waals surface area (Å²) in [6.07, 6.45) is 51.0. The minimum atomic E-state index is -0.760. The Bertz CT molecular complexity index is 885. The van der Waals surface area contributed by atoms with Gasteiger partial charge in [0.15, 0.2) is 6.10 Å². The average molecular weight is 805 g/mol. The van der Waals surface area contributed by atoms with Crippen LogP contribution in [0.3, 0.4) is 0 Å². The number of unbranched alkanes of at least 4 members (excludes halogenated alkanes) is 33. The summed E-state index contributed by atoms with van der Waals surface area (Å²) in [5, 5.41) is 0. The van der Waals surface area contributed by atoms with Crippen molar-refractivity contribution < 1.29 is 28.6 Å². The third-order valence-corrected chi connectivity index (χ3v) is 11.3. The van der Waals surface area contributed by atoms with Crippen molar-refractivity contribution in [2.75, 3.05) is 13.2 Å². The van der Waals surface area contributed by atoms with Gasteiger partial charge >= 0.3 is 17.9 Å². The second kappa shape index (κ2) is 46.8. The van der Waals surface area contributed by atoms with Crippen LogP contribution >= 0.6 is 0 Å². The van der Waals surface area contributed by atoms with Gasteiger partial charge in [0.05, 0.1) is 0 Å². The first kappa shape index (κ1) is 55.2. The summed E-state index contributed by atoms with van der Waals surface area (Å²) >= 11 is 0. The van der Waals surface area contributed by atoms with E-state index in [1.54, 1.807) is 0 Å². The fraction of sp³-hybridized carbons (Fsp3) is 0.902. The molecule has 0 heterocycles. The number of rotatable bonds is 46. The molecule has 6 nitrogen and oxygen atoms in total. The van der Waals surface area contributed by atoms with E-state index in [9.17, 15) is 14.4 Å². The maximum atomic E-state index is 12.7. The van der Waals surface area contributed by atoms with Crippen LogP contribution in [-0.2, 0) is 28.6 Å². The van der Waals surface area contributed by atoms with Crippen molar-refractivity contribution in [3.63, 3.8) is 0 Å². The first-order valence-electron chi connectivity index (χ1n) is 25.2. The summed E-state index contributed by atoms with van der Waals surface area (Å²) < 4.78 is 16.6. The van der Waals surface area contributed by atoms with Crippen LogP contribution in [0.25, 0.3) is 0 Å². The Morgan fingerprint density at radius 1 is 0.333 bits per heavy atom. The lowest BCUT2D eigenvalue weighted by Crippen LogP contribution is -2.30. The molecule has 0 spiro atoms. The summed E-state index contributed by atoms with van der Waals surface area (Å²) in [6.45, 7) is 6.57. The highest BCUT2D eigenvalue weighted by molar-refractivity contribution is 5.71. The average Bonchev–Trinajstić information content (AvgIpc) is 3.21. The fourth-order valence-corrected chi connectivity index (χ4v) is 7.44. The van der Waals surface area contributed by atoms with Crippen molar-refractivity contribution in [3.05, 3.63) is 12.2 Å². The van der Waals surface area contributed by atoms with E-state index in [2.05, 4.69) is 32.9 Å². The van der Waals surface area contributed by atoms with Gasteiger partial charge in [0.1, 0.15) is 13.2 Å². The monoisotopic (exact) mass is 805 g/mol. The molecule has 0 aliphatic rings. The number of esters is 3. The van der Waals surface area contributed by atoms with Crippen molar-refractivity contribution in [2.45, 2.75) is 284 Å². The van der Waals surface area contributed by atoms with Gasteiger partial charge in [0, 0.05) is 19.3 Å². The molecule has 0 aromatic rings. The molecule has 336 valence electrons. The van der Waals surface area contributed by atoms with E-state index in [1.165, 1.54) is 173 Å². The highest BCUT2D eigenvalue weighted by Gasteiger charge is 2.19. The molecule has 1 atom stereocenters. The second-order valence-corrected chi connectivity index (χ2v) is 17.1. The Morgan fingerprint density at radius 2 is 0.579 bits per heavy atom. The molecule has 57 heavy (non-hydrogen) atoms. The summed E-state index contributed by atoms with van der Waals surface area (Å²) in [5.74, 6) is -0.871. The molecule has 6 heteroatoms. The third-order valence-electron chi connectivity index (χ3n) is 11.3. The molecule has 0 N–H and O–H groups in total. The quantitative estimate of drug-likeness (QED) is 0.0264. The molecule has 0 radical (unpaired) electrons. The van der Waals surface area contributed by atoms with Crippen LogP contribution in [0.1, 0.15) is 278 Å². The van der Waals surface area contributed by atoms with Crippen molar-refractivity contribution in [2.24, 2.45) is 0 Å². The van der Waals surface area contributed by atoms with Crippen LogP contribution in [0.2, 0.25) is 0 Å². The number of carbonyl (C=O) groups is 3. The maximum Gasteiger partial charge on any atom is 0.306 e. The van der Waals surface area contributed by atoms with Crippen molar-refractivity contribution in [1.29, 1.82) is 0 Å². The standard InChI is InChI=1S/C51H96O6/c1-4-7-10-13-15-17-19-20-21-22-23-24-25-26-27-28-29-30-32-33-35-38-41-44-50(53)56-47-48(46-55-49(52)43-40-37-12-9-6-3)57-51(54)45-42-39-36-34-31-18-16-14-11-8-5-2/h22-23,48H,4-21,24-47H2,1-3H3/b23-22-. The van der Waals surface area contributed by atoms with Gasteiger partial charge in [-0.25, -0.2) is 0 Å². The topological polar surface area (TPSA) is 78.9 Å². The Morgan fingerprint density at radius 3 is 0.877 bits per heavy atom. The number of ether oxygens (including phenoxy) is 3. The van der Waals surface area contributed by atoms with E-state index in [-0.39, 0.29) is 31.1 Å². The van der Waals surface area contributed by atoms with Crippen LogP contribution in [0.4, 0.5) is 0 Å². The zero-order valence-electron chi connectivity index (χ0n) is 38.4. The summed E-state index contributed by atoms with van der Waals surface area (Å²) in [5.41, 5.74) is 0. The van der Waals surface area contributed by atoms with Crippen molar-refractivity contribution in [3.8, 4) is 0 Å². The molecule has 0 bridgehead atoms. The molecule has 0 aliphatic carbocycles. The van der Waals surface area contributed by atoms with Gasteiger partial charge in [-0.1, -0.05) is 226 Å². The second-order valence-electron chi connectivity index (χ2n) is 17.1. The zero-order chi connectivity index (χ0) is 41.5. The fourth-order valence-electron chi connectivity index (χ4n) is 7.44. The Balaban J connectivity index is 4.03. The summed E-state index contributed by atoms with van der Waals surface area (Å²) in [4.78, 5) is 37.5. The number of hydrogen-bond donors (Lipinski definition) is 0. The molecule has 0 fully saturated rings. The van der Waals surface area contributed by atoms with Crippen LogP contribution in [0.5, 0.6) is 0 Å². The Kier molecular flexibility index (Phi) is 45.3. The maximum absolute atomic E-state index is 12.7. The van der Waals surface area contributed by atoms with Crippen LogP contribution in [0, 0.1) is 0 Å². The van der Waals surface area contributed by atoms with E-state index in [1.807, 2.05) is 0 Å². The van der Waals surface area contributed by atoms with Crippen molar-refractivity contribution in [1.82, 2.24) is 0 Å². The third kappa shape index (κ3) is 45.1. The molecule has 0 saturated carbocycles. The molecular formula is C51H96O6. The smallest absolute Gasteiger partial charge is 0.306 e. The van der Waals surface area contributed by atoms with E-state index in [4.69, 9.17) is 14.2 Å². The molecule has 0 amide bonds. The predicted molar refractivity (Wildman–Crippen MR) is 243 cm³/mol. The van der Waals surface area contributed by atoms with E-state index in [0.29, 0.717) is 19.3 Å². The lowest BCUT2D eigenvalue weighted by Gasteiger charge is -2.18. The van der Waals surface area contributed by atoms with Gasteiger partial charge in [-0.3, -0.25) is 14.4 Å². The van der Waals surface area contributed by atoms with Gasteiger partial charge in [-0.05, 0) is 44.9 Å². The summed E-state index contributed by atoms with van der Waals surface area (Å²) in [7, 11) is 0. The predicted octanol–water partition coefficient (Wildman–Crippen LogP) is 16.2. The van der Waals surface area contributed by atoms with Crippen molar-refractivity contribution >= 4 is 17.9 Å². The lowest BCUT2D eigenvalue weighted by atomic mass is 10.0. The van der Waals surface area contributed by atoms with Crippen LogP contribution in [-0.4, -0.2) is 37.2 Å². The first-order valence-corrected chi connectivity index (χ1v) is 25.2. The van der Waals surface area contributed by atoms with E-state index in [0.717, 1.165) is 64.2 Å². The highest BCUT2D eigenvalue weighted by Crippen LogP contribution is 2.16. The van der Waals surface area contributed by atoms with Gasteiger partial charge in [-0.2, -0.15) is 0 Å². The number of hydrogen-bond acceptors (Lipinski definition) is 6. The molecule has 0 aromatic heterocycles. The van der Waals surface area contributed by atoms with Gasteiger partial charge in [0.25, 0.3) is 0 Å². The van der Waals surface area contributed by atoms with Gasteiger partial charge in [-0.15, -0.1) is 0 Å². The molecular weight excluding hydrogens is 709 g/mol. The molecule has 0 rings (SSSR count). The lowest BCUT2D eigenvalue weighted by molar-refractivity contribution is -0.167. The molecule has 0 saturated heterocycles. The molecule has 1 unspecified atom stereocenters. The molecule has 0 aromatic carbocycles. The highest BCUT2D eigenvalue weighted by atomic mass is 16.6. The number of carbonyl (C=O) groups excluding carboxylic acids is 3. The SMILES string of the molecule is CCCCCCCCCC/C=C\CCCCCCCCCCCCCC(=O)OCC(COC(=O)CCCCCCC)OC(=O)CCCCCCCCCCCCC. The van der Waals surface area contributed by atoms with Gasteiger partial charge < -0.3 is 14.2 Å². The number of allylic oxidation sites excluding steroid dienone is 2. The van der Waals surface area contributed by atoms with E-state index < -0.39 is 6.10 Å². The molecule has 0 aliphatic heterocycles. The van der Waals surface area contributed by atoms with Crippen LogP contribution < -0.4 is 0 Å². The summed E-state index contributed by atoms with van der Waals surface area (Å²) in [6, 6.07) is 0. The Labute approximate surface area is 354 Å². The largest absolute Gasteiger partial charge is 0.462 e. The Hall–Kier alpha value is -1.85. The minimum Gasteiger partial charge on any atom is -0.462 e. The zero-order valence-corrected chi connectivity index (χ0v) is 38.4. The normalized spacial score (nSPS) is 12.0. The van der Waals surface area contributed by atoms with E-state index >= 15 is 0 Å². The van der Waals surface area contributed by atoms with Gasteiger partial charge in [0.2, 0.25) is 0 Å².